The Kier molecular flexibility index (Phi) is 5.11. The van der Waals surface area contributed by atoms with E-state index in [0.717, 1.165) is 0 Å². The zero-order valence-corrected chi connectivity index (χ0v) is 15.1. The molecule has 9 nitrogen and oxygen atoms in total. The molecule has 27 heavy (non-hydrogen) atoms. The molecule has 2 heterocycles. The first-order valence-electron chi connectivity index (χ1n) is 8.02. The Balaban J connectivity index is 1.85. The normalized spacial score (nSPS) is 10.3. The molecule has 0 bridgehead atoms. The average Bonchev–Trinajstić information content (AvgIpc) is 3.22. The van der Waals surface area contributed by atoms with Crippen LogP contribution in [0.5, 0.6) is 5.75 Å². The van der Waals surface area contributed by atoms with E-state index in [1.54, 1.807) is 55.1 Å². The lowest BCUT2D eigenvalue weighted by Crippen LogP contribution is -2.22. The third kappa shape index (κ3) is 3.92. The van der Waals surface area contributed by atoms with E-state index in [2.05, 4.69) is 20.5 Å². The van der Waals surface area contributed by atoms with Gasteiger partial charge in [0.15, 0.2) is 0 Å². The Morgan fingerprint density at radius 3 is 2.52 bits per heavy atom. The van der Waals surface area contributed by atoms with Crippen molar-refractivity contribution in [2.24, 2.45) is 0 Å². The smallest absolute Gasteiger partial charge is 0.274 e. The maximum atomic E-state index is 12.6. The standard InChI is InChI=1S/C18H18N6O3/c1-23(2)18(26)13-9-12(7-8-15(13)27-3)21-17(25)14-5-4-6-16(22-14)24-10-19-20-11-24/h4-11H,1-3H3,(H,21,25). The largest absolute Gasteiger partial charge is 0.496 e. The molecule has 0 atom stereocenters. The molecule has 0 fully saturated rings. The van der Waals surface area contributed by atoms with Gasteiger partial charge in [-0.3, -0.25) is 14.2 Å². The predicted octanol–water partition coefficient (Wildman–Crippen LogP) is 1.62. The van der Waals surface area contributed by atoms with Crippen molar-refractivity contribution < 1.29 is 14.3 Å². The fourth-order valence-corrected chi connectivity index (χ4v) is 2.40. The number of benzene rings is 1. The lowest BCUT2D eigenvalue weighted by molar-refractivity contribution is 0.0824. The number of ether oxygens (including phenoxy) is 1. The van der Waals surface area contributed by atoms with E-state index >= 15 is 0 Å². The van der Waals surface area contributed by atoms with Gasteiger partial charge in [-0.15, -0.1) is 10.2 Å². The van der Waals surface area contributed by atoms with Crippen molar-refractivity contribution in [3.05, 3.63) is 60.3 Å². The van der Waals surface area contributed by atoms with Gasteiger partial charge in [0.1, 0.15) is 29.9 Å². The van der Waals surface area contributed by atoms with Gasteiger partial charge >= 0.3 is 0 Å². The van der Waals surface area contributed by atoms with Crippen molar-refractivity contribution in [2.75, 3.05) is 26.5 Å². The summed E-state index contributed by atoms with van der Waals surface area (Å²) in [4.78, 5) is 30.6. The number of nitrogens with zero attached hydrogens (tertiary/aromatic N) is 5. The Bertz CT molecular complexity index is 969. The molecule has 3 rings (SSSR count). The van der Waals surface area contributed by atoms with Gasteiger partial charge in [0.2, 0.25) is 0 Å². The molecule has 2 aromatic heterocycles. The van der Waals surface area contributed by atoms with Crippen LogP contribution in [0, 0.1) is 0 Å². The highest BCUT2D eigenvalue weighted by Crippen LogP contribution is 2.24. The van der Waals surface area contributed by atoms with Crippen LogP contribution >= 0.6 is 0 Å². The van der Waals surface area contributed by atoms with Gasteiger partial charge in [-0.2, -0.15) is 0 Å². The molecule has 1 aromatic carbocycles. The highest BCUT2D eigenvalue weighted by molar-refractivity contribution is 6.04. The van der Waals surface area contributed by atoms with Crippen LogP contribution in [0.3, 0.4) is 0 Å². The number of rotatable bonds is 5. The highest BCUT2D eigenvalue weighted by atomic mass is 16.5. The number of carbonyl (C=O) groups excluding carboxylic acids is 2. The Morgan fingerprint density at radius 2 is 1.85 bits per heavy atom. The third-order valence-corrected chi connectivity index (χ3v) is 3.74. The minimum atomic E-state index is -0.404. The van der Waals surface area contributed by atoms with E-state index in [9.17, 15) is 9.59 Å². The Labute approximate surface area is 155 Å². The SMILES string of the molecule is COc1ccc(NC(=O)c2cccc(-n3cnnc3)n2)cc1C(=O)N(C)C. The summed E-state index contributed by atoms with van der Waals surface area (Å²) in [5, 5.41) is 10.2. The molecule has 2 amide bonds. The number of hydrogen-bond acceptors (Lipinski definition) is 6. The van der Waals surface area contributed by atoms with E-state index in [1.807, 2.05) is 0 Å². The number of nitrogens with one attached hydrogen (secondary N) is 1. The molecule has 0 unspecified atom stereocenters. The quantitative estimate of drug-likeness (QED) is 0.736. The molecule has 0 saturated carbocycles. The van der Waals surface area contributed by atoms with Crippen LogP contribution in [0.15, 0.2) is 49.1 Å². The zero-order chi connectivity index (χ0) is 19.4. The van der Waals surface area contributed by atoms with Crippen LogP contribution in [0.25, 0.3) is 5.82 Å². The van der Waals surface area contributed by atoms with Crippen LogP contribution in [0.4, 0.5) is 5.69 Å². The molecule has 0 aliphatic carbocycles. The second-order valence-corrected chi connectivity index (χ2v) is 5.82. The minimum absolute atomic E-state index is 0.220. The second-order valence-electron chi connectivity index (χ2n) is 5.82. The molecule has 1 N–H and O–H groups in total. The van der Waals surface area contributed by atoms with E-state index in [0.29, 0.717) is 22.8 Å². The van der Waals surface area contributed by atoms with E-state index < -0.39 is 5.91 Å². The predicted molar refractivity (Wildman–Crippen MR) is 98.1 cm³/mol. The summed E-state index contributed by atoms with van der Waals surface area (Å²) in [7, 11) is 4.78. The summed E-state index contributed by atoms with van der Waals surface area (Å²) in [6.45, 7) is 0. The van der Waals surface area contributed by atoms with Gasteiger partial charge < -0.3 is 15.0 Å². The summed E-state index contributed by atoms with van der Waals surface area (Å²) in [6, 6.07) is 9.91. The molecule has 3 aromatic rings. The van der Waals surface area contributed by atoms with E-state index in [1.165, 1.54) is 24.7 Å². The molecule has 0 aliphatic heterocycles. The fourth-order valence-electron chi connectivity index (χ4n) is 2.40. The average molecular weight is 366 g/mol. The van der Waals surface area contributed by atoms with Crippen molar-refractivity contribution in [1.82, 2.24) is 24.6 Å². The summed E-state index contributed by atoms with van der Waals surface area (Å²) < 4.78 is 6.83. The Morgan fingerprint density at radius 1 is 1.11 bits per heavy atom. The number of carbonyl (C=O) groups is 2. The van der Waals surface area contributed by atoms with E-state index in [-0.39, 0.29) is 11.6 Å². The lowest BCUT2D eigenvalue weighted by atomic mass is 10.1. The van der Waals surface area contributed by atoms with Gasteiger partial charge in [0, 0.05) is 19.8 Å². The van der Waals surface area contributed by atoms with Crippen molar-refractivity contribution in [3.8, 4) is 11.6 Å². The first-order valence-corrected chi connectivity index (χ1v) is 8.02. The highest BCUT2D eigenvalue weighted by Gasteiger charge is 2.16. The van der Waals surface area contributed by atoms with Crippen molar-refractivity contribution in [1.29, 1.82) is 0 Å². The number of hydrogen-bond donors (Lipinski definition) is 1. The molecule has 0 aliphatic rings. The summed E-state index contributed by atoms with van der Waals surface area (Å²) in [5.41, 5.74) is 1.03. The lowest BCUT2D eigenvalue weighted by Gasteiger charge is -2.15. The van der Waals surface area contributed by atoms with Gasteiger partial charge in [-0.05, 0) is 30.3 Å². The first kappa shape index (κ1) is 18.1. The van der Waals surface area contributed by atoms with Crippen molar-refractivity contribution in [2.45, 2.75) is 0 Å². The maximum Gasteiger partial charge on any atom is 0.274 e. The van der Waals surface area contributed by atoms with Gasteiger partial charge in [0.25, 0.3) is 11.8 Å². The second kappa shape index (κ2) is 7.65. The molecule has 9 heteroatoms. The number of anilines is 1. The molecule has 0 radical (unpaired) electrons. The molecule has 138 valence electrons. The minimum Gasteiger partial charge on any atom is -0.496 e. The number of amides is 2. The summed E-state index contributed by atoms with van der Waals surface area (Å²) >= 11 is 0. The number of pyridine rings is 1. The van der Waals surface area contributed by atoms with Crippen LogP contribution in [-0.4, -0.2) is 57.7 Å². The summed E-state index contributed by atoms with van der Waals surface area (Å²) in [6.07, 6.45) is 2.99. The van der Waals surface area contributed by atoms with Gasteiger partial charge in [0.05, 0.1) is 12.7 Å². The fraction of sp³-hybridized carbons (Fsp3) is 0.167. The number of aromatic nitrogens is 4. The molecule has 0 spiro atoms. The third-order valence-electron chi connectivity index (χ3n) is 3.74. The first-order chi connectivity index (χ1) is 13.0. The van der Waals surface area contributed by atoms with Crippen molar-refractivity contribution >= 4 is 17.5 Å². The van der Waals surface area contributed by atoms with Crippen molar-refractivity contribution in [3.63, 3.8) is 0 Å². The zero-order valence-electron chi connectivity index (χ0n) is 15.1. The monoisotopic (exact) mass is 366 g/mol. The van der Waals surface area contributed by atoms with Gasteiger partial charge in [-0.25, -0.2) is 4.98 Å². The van der Waals surface area contributed by atoms with Crippen LogP contribution < -0.4 is 10.1 Å². The molecular formula is C18H18N6O3. The van der Waals surface area contributed by atoms with Gasteiger partial charge in [-0.1, -0.05) is 6.07 Å². The van der Waals surface area contributed by atoms with E-state index in [4.69, 9.17) is 4.74 Å². The molecular weight excluding hydrogens is 348 g/mol. The molecule has 0 saturated heterocycles. The maximum absolute atomic E-state index is 12.6. The van der Waals surface area contributed by atoms with Crippen LogP contribution in [0.1, 0.15) is 20.8 Å². The topological polar surface area (TPSA) is 102 Å². The summed E-state index contributed by atoms with van der Waals surface area (Å²) in [5.74, 6) is 0.319. The van der Waals surface area contributed by atoms with Crippen LogP contribution in [0.2, 0.25) is 0 Å². The number of methoxy groups -OCH3 is 1. The Hall–Kier alpha value is -3.75. The van der Waals surface area contributed by atoms with Crippen LogP contribution in [-0.2, 0) is 0 Å².